The van der Waals surface area contributed by atoms with Crippen molar-refractivity contribution < 1.29 is 14.7 Å². The second-order valence-electron chi connectivity index (χ2n) is 4.77. The van der Waals surface area contributed by atoms with Gasteiger partial charge in [0.25, 0.3) is 0 Å². The zero-order valence-corrected chi connectivity index (χ0v) is 12.4. The molecule has 0 aliphatic carbocycles. The minimum atomic E-state index is -1.08. The third-order valence-corrected chi connectivity index (χ3v) is 3.69. The van der Waals surface area contributed by atoms with Gasteiger partial charge in [-0.15, -0.1) is 0 Å². The summed E-state index contributed by atoms with van der Waals surface area (Å²) < 4.78 is 0.702. The number of nitrogens with two attached hydrogens (primary N) is 1. The van der Waals surface area contributed by atoms with Crippen LogP contribution in [0.4, 0.5) is 10.5 Å². The molecule has 1 saturated heterocycles. The van der Waals surface area contributed by atoms with E-state index in [9.17, 15) is 9.59 Å². The topological polar surface area (TPSA) is 95.7 Å². The summed E-state index contributed by atoms with van der Waals surface area (Å²) in [6, 6.07) is 4.31. The van der Waals surface area contributed by atoms with E-state index in [0.29, 0.717) is 17.6 Å². The molecule has 1 aromatic carbocycles. The largest absolute Gasteiger partial charge is 0.478 e. The van der Waals surface area contributed by atoms with Crippen molar-refractivity contribution >= 4 is 33.6 Å². The summed E-state index contributed by atoms with van der Waals surface area (Å²) in [7, 11) is 0. The summed E-state index contributed by atoms with van der Waals surface area (Å²) >= 11 is 3.26. The highest BCUT2D eigenvalue weighted by atomic mass is 79.9. The molecule has 0 radical (unpaired) electrons. The van der Waals surface area contributed by atoms with Gasteiger partial charge < -0.3 is 21.1 Å². The van der Waals surface area contributed by atoms with Gasteiger partial charge in [0, 0.05) is 23.6 Å². The number of hydrogen-bond donors (Lipinski definition) is 3. The number of benzene rings is 1. The zero-order valence-electron chi connectivity index (χ0n) is 10.8. The van der Waals surface area contributed by atoms with Gasteiger partial charge in [0.15, 0.2) is 0 Å². The van der Waals surface area contributed by atoms with E-state index in [2.05, 4.69) is 21.2 Å². The Labute approximate surface area is 125 Å². The molecule has 2 rings (SSSR count). The van der Waals surface area contributed by atoms with Crippen LogP contribution in [0.3, 0.4) is 0 Å². The zero-order chi connectivity index (χ0) is 14.7. The van der Waals surface area contributed by atoms with Crippen LogP contribution in [0.1, 0.15) is 23.2 Å². The van der Waals surface area contributed by atoms with E-state index in [1.165, 1.54) is 6.07 Å². The molecule has 7 heteroatoms. The number of aromatic carboxylic acids is 1. The number of carboxylic acid groups (broad SMARTS) is 1. The lowest BCUT2D eigenvalue weighted by Gasteiger charge is -2.30. The molecular formula is C13H16BrN3O3. The van der Waals surface area contributed by atoms with Crippen molar-refractivity contribution in [3.05, 3.63) is 28.2 Å². The van der Waals surface area contributed by atoms with Gasteiger partial charge in [-0.1, -0.05) is 15.9 Å². The van der Waals surface area contributed by atoms with Crippen molar-refractivity contribution in [2.75, 3.05) is 18.4 Å². The van der Waals surface area contributed by atoms with Gasteiger partial charge in [0.05, 0.1) is 11.3 Å². The fourth-order valence-corrected chi connectivity index (χ4v) is 2.56. The first-order valence-corrected chi connectivity index (χ1v) is 7.11. The van der Waals surface area contributed by atoms with Crippen molar-refractivity contribution in [2.45, 2.75) is 18.9 Å². The van der Waals surface area contributed by atoms with E-state index in [-0.39, 0.29) is 23.3 Å². The number of amides is 2. The summed E-state index contributed by atoms with van der Waals surface area (Å²) in [5.41, 5.74) is 6.17. The van der Waals surface area contributed by atoms with Crippen molar-refractivity contribution in [2.24, 2.45) is 5.73 Å². The number of likely N-dealkylation sites (tertiary alicyclic amines) is 1. The van der Waals surface area contributed by atoms with E-state index in [4.69, 9.17) is 10.8 Å². The Kier molecular flexibility index (Phi) is 4.61. The predicted molar refractivity (Wildman–Crippen MR) is 78.9 cm³/mol. The second-order valence-corrected chi connectivity index (χ2v) is 5.69. The highest BCUT2D eigenvalue weighted by Gasteiger charge is 2.22. The first kappa shape index (κ1) is 14.8. The number of carbonyl (C=O) groups is 2. The van der Waals surface area contributed by atoms with Gasteiger partial charge in [0.2, 0.25) is 0 Å². The standard InChI is InChI=1S/C13H16BrN3O3/c14-8-3-4-10(12(18)19)11(6-8)16-13(20)17-5-1-2-9(15)7-17/h3-4,6,9H,1-2,5,7,15H2,(H,16,20)(H,18,19). The highest BCUT2D eigenvalue weighted by molar-refractivity contribution is 9.10. The Morgan fingerprint density at radius 2 is 2.20 bits per heavy atom. The van der Waals surface area contributed by atoms with Gasteiger partial charge in [-0.2, -0.15) is 0 Å². The Balaban J connectivity index is 2.14. The van der Waals surface area contributed by atoms with Crippen LogP contribution >= 0.6 is 15.9 Å². The third-order valence-electron chi connectivity index (χ3n) is 3.20. The second kappa shape index (κ2) is 6.23. The Bertz CT molecular complexity index is 536. The third kappa shape index (κ3) is 3.49. The molecule has 0 aromatic heterocycles. The van der Waals surface area contributed by atoms with Crippen molar-refractivity contribution in [1.82, 2.24) is 4.90 Å². The van der Waals surface area contributed by atoms with Crippen LogP contribution in [0.25, 0.3) is 0 Å². The Hall–Kier alpha value is -1.60. The molecule has 6 nitrogen and oxygen atoms in total. The normalized spacial score (nSPS) is 18.7. The van der Waals surface area contributed by atoms with Crippen molar-refractivity contribution in [3.8, 4) is 0 Å². The molecule has 1 aromatic rings. The fraction of sp³-hybridized carbons (Fsp3) is 0.385. The maximum atomic E-state index is 12.2. The monoisotopic (exact) mass is 341 g/mol. The number of hydrogen-bond acceptors (Lipinski definition) is 3. The van der Waals surface area contributed by atoms with Gasteiger partial charge in [-0.3, -0.25) is 0 Å². The molecule has 1 fully saturated rings. The molecular weight excluding hydrogens is 326 g/mol. The van der Waals surface area contributed by atoms with Crippen LogP contribution in [0.15, 0.2) is 22.7 Å². The van der Waals surface area contributed by atoms with Gasteiger partial charge in [-0.25, -0.2) is 9.59 Å². The number of piperidine rings is 1. The Morgan fingerprint density at radius 3 is 2.85 bits per heavy atom. The van der Waals surface area contributed by atoms with Crippen LogP contribution in [0.2, 0.25) is 0 Å². The first-order chi connectivity index (χ1) is 9.47. The SMILES string of the molecule is NC1CCCN(C(=O)Nc2cc(Br)ccc2C(=O)O)C1. The molecule has 2 amide bonds. The summed E-state index contributed by atoms with van der Waals surface area (Å²) in [6.07, 6.45) is 1.76. The molecule has 1 aliphatic rings. The molecule has 20 heavy (non-hydrogen) atoms. The van der Waals surface area contributed by atoms with E-state index in [0.717, 1.165) is 12.8 Å². The van der Waals surface area contributed by atoms with Gasteiger partial charge in [-0.05, 0) is 31.0 Å². The maximum absolute atomic E-state index is 12.2. The van der Waals surface area contributed by atoms with Gasteiger partial charge >= 0.3 is 12.0 Å². The predicted octanol–water partition coefficient (Wildman–Crippen LogP) is 2.10. The quantitative estimate of drug-likeness (QED) is 0.767. The van der Waals surface area contributed by atoms with Crippen molar-refractivity contribution in [3.63, 3.8) is 0 Å². The number of rotatable bonds is 2. The average Bonchev–Trinajstić information content (AvgIpc) is 2.38. The van der Waals surface area contributed by atoms with Crippen LogP contribution in [0, 0.1) is 0 Å². The molecule has 0 spiro atoms. The Morgan fingerprint density at radius 1 is 1.45 bits per heavy atom. The van der Waals surface area contributed by atoms with Crippen LogP contribution in [0.5, 0.6) is 0 Å². The van der Waals surface area contributed by atoms with Crippen LogP contribution < -0.4 is 11.1 Å². The molecule has 0 bridgehead atoms. The molecule has 1 unspecified atom stereocenters. The van der Waals surface area contributed by atoms with E-state index >= 15 is 0 Å². The van der Waals surface area contributed by atoms with Crippen molar-refractivity contribution in [1.29, 1.82) is 0 Å². The number of anilines is 1. The average molecular weight is 342 g/mol. The molecule has 0 saturated carbocycles. The first-order valence-electron chi connectivity index (χ1n) is 6.31. The number of nitrogens with zero attached hydrogens (tertiary/aromatic N) is 1. The summed E-state index contributed by atoms with van der Waals surface area (Å²) in [5, 5.41) is 11.8. The summed E-state index contributed by atoms with van der Waals surface area (Å²) in [4.78, 5) is 24.9. The number of carboxylic acids is 1. The highest BCUT2D eigenvalue weighted by Crippen LogP contribution is 2.22. The smallest absolute Gasteiger partial charge is 0.337 e. The van der Waals surface area contributed by atoms with Crippen LogP contribution in [-0.4, -0.2) is 41.1 Å². The lowest BCUT2D eigenvalue weighted by Crippen LogP contribution is -2.47. The number of urea groups is 1. The summed E-state index contributed by atoms with van der Waals surface area (Å²) in [6.45, 7) is 1.12. The summed E-state index contributed by atoms with van der Waals surface area (Å²) in [5.74, 6) is -1.08. The molecule has 1 atom stereocenters. The molecule has 4 N–H and O–H groups in total. The van der Waals surface area contributed by atoms with E-state index < -0.39 is 5.97 Å². The number of carbonyl (C=O) groups excluding carboxylic acids is 1. The van der Waals surface area contributed by atoms with Crippen LogP contribution in [-0.2, 0) is 0 Å². The lowest BCUT2D eigenvalue weighted by atomic mass is 10.1. The molecule has 1 heterocycles. The minimum absolute atomic E-state index is 0.0176. The fourth-order valence-electron chi connectivity index (χ4n) is 2.20. The van der Waals surface area contributed by atoms with E-state index in [1.54, 1.807) is 17.0 Å². The number of nitrogens with one attached hydrogen (secondary N) is 1. The van der Waals surface area contributed by atoms with Gasteiger partial charge in [0.1, 0.15) is 0 Å². The molecule has 108 valence electrons. The lowest BCUT2D eigenvalue weighted by molar-refractivity contribution is 0.0698. The van der Waals surface area contributed by atoms with E-state index in [1.807, 2.05) is 0 Å². The maximum Gasteiger partial charge on any atom is 0.337 e. The minimum Gasteiger partial charge on any atom is -0.478 e. The molecule has 1 aliphatic heterocycles. The number of halogens is 1.